The number of amides is 1. The number of benzene rings is 2. The molecule has 0 saturated carbocycles. The van der Waals surface area contributed by atoms with Crippen molar-refractivity contribution in [1.82, 2.24) is 0 Å². The van der Waals surface area contributed by atoms with Gasteiger partial charge in [0.05, 0.1) is 18.7 Å². The van der Waals surface area contributed by atoms with Crippen LogP contribution in [0.3, 0.4) is 0 Å². The van der Waals surface area contributed by atoms with E-state index in [1.165, 1.54) is 6.07 Å². The average molecular weight is 319 g/mol. The minimum Gasteiger partial charge on any atom is -0.497 e. The van der Waals surface area contributed by atoms with Crippen molar-refractivity contribution in [1.29, 1.82) is 0 Å². The van der Waals surface area contributed by atoms with Crippen molar-refractivity contribution < 1.29 is 23.0 Å². The Hall–Kier alpha value is -2.63. The molecule has 4 nitrogen and oxygen atoms in total. The van der Waals surface area contributed by atoms with Crippen molar-refractivity contribution >= 4 is 11.6 Å². The second-order valence-corrected chi connectivity index (χ2v) is 5.30. The Labute approximate surface area is 132 Å². The molecular formula is C17H15F2NO3. The number of rotatable bonds is 3. The number of anilines is 1. The van der Waals surface area contributed by atoms with Gasteiger partial charge in [-0.3, -0.25) is 4.79 Å². The number of carbonyl (C=O) groups excluding carboxylic acids is 1. The van der Waals surface area contributed by atoms with Crippen LogP contribution in [-0.2, 0) is 11.2 Å². The van der Waals surface area contributed by atoms with E-state index in [4.69, 9.17) is 9.47 Å². The molecular weight excluding hydrogens is 304 g/mol. The van der Waals surface area contributed by atoms with Crippen LogP contribution in [0.4, 0.5) is 14.5 Å². The first-order valence-electron chi connectivity index (χ1n) is 7.12. The number of nitrogens with one attached hydrogen (secondary N) is 1. The van der Waals surface area contributed by atoms with Gasteiger partial charge in [-0.05, 0) is 42.3 Å². The van der Waals surface area contributed by atoms with Gasteiger partial charge in [0.25, 0.3) is 0 Å². The maximum absolute atomic E-state index is 13.6. The molecule has 0 fully saturated rings. The van der Waals surface area contributed by atoms with Gasteiger partial charge in [-0.15, -0.1) is 0 Å². The fourth-order valence-electron chi connectivity index (χ4n) is 2.49. The van der Waals surface area contributed by atoms with Crippen molar-refractivity contribution in [2.75, 3.05) is 19.0 Å². The van der Waals surface area contributed by atoms with Gasteiger partial charge in [0.15, 0.2) is 0 Å². The van der Waals surface area contributed by atoms with Crippen molar-refractivity contribution in [3.05, 3.63) is 53.6 Å². The second kappa shape index (κ2) is 6.24. The zero-order valence-corrected chi connectivity index (χ0v) is 12.4. The fourth-order valence-corrected chi connectivity index (χ4v) is 2.49. The van der Waals surface area contributed by atoms with E-state index in [1.807, 2.05) is 6.07 Å². The highest BCUT2D eigenvalue weighted by Crippen LogP contribution is 2.31. The number of methoxy groups -OCH3 is 1. The zero-order chi connectivity index (χ0) is 16.4. The number of hydrogen-bond acceptors (Lipinski definition) is 3. The third-order valence-electron chi connectivity index (χ3n) is 3.73. The molecule has 1 aliphatic rings. The average Bonchev–Trinajstić information content (AvgIpc) is 2.56. The Bertz CT molecular complexity index is 749. The SMILES string of the molecule is COc1ccc2c(c1)CC(C(=O)Nc1ccc(F)cc1F)CO2. The van der Waals surface area contributed by atoms with E-state index in [1.54, 1.807) is 19.2 Å². The topological polar surface area (TPSA) is 47.6 Å². The lowest BCUT2D eigenvalue weighted by Crippen LogP contribution is -2.32. The predicted octanol–water partition coefficient (Wildman–Crippen LogP) is 3.16. The summed E-state index contributed by atoms with van der Waals surface area (Å²) in [5, 5.41) is 2.47. The van der Waals surface area contributed by atoms with Crippen molar-refractivity contribution in [3.63, 3.8) is 0 Å². The lowest BCUT2D eigenvalue weighted by atomic mass is 9.95. The van der Waals surface area contributed by atoms with Gasteiger partial charge in [-0.2, -0.15) is 0 Å². The first-order chi connectivity index (χ1) is 11.1. The van der Waals surface area contributed by atoms with E-state index in [2.05, 4.69) is 5.32 Å². The molecule has 6 heteroatoms. The molecule has 1 atom stereocenters. The molecule has 23 heavy (non-hydrogen) atoms. The summed E-state index contributed by atoms with van der Waals surface area (Å²) in [5.41, 5.74) is 0.808. The summed E-state index contributed by atoms with van der Waals surface area (Å²) in [6.45, 7) is 0.202. The highest BCUT2D eigenvalue weighted by atomic mass is 19.1. The molecule has 1 N–H and O–H groups in total. The third-order valence-corrected chi connectivity index (χ3v) is 3.73. The summed E-state index contributed by atoms with van der Waals surface area (Å²) in [6.07, 6.45) is 0.460. The molecule has 1 heterocycles. The van der Waals surface area contributed by atoms with Gasteiger partial charge in [-0.1, -0.05) is 0 Å². The number of carbonyl (C=O) groups is 1. The quantitative estimate of drug-likeness (QED) is 0.945. The zero-order valence-electron chi connectivity index (χ0n) is 12.4. The van der Waals surface area contributed by atoms with Crippen molar-refractivity contribution in [2.45, 2.75) is 6.42 Å². The monoisotopic (exact) mass is 319 g/mol. The number of ether oxygens (including phenoxy) is 2. The van der Waals surface area contributed by atoms with Crippen LogP contribution in [-0.4, -0.2) is 19.6 Å². The molecule has 1 unspecified atom stereocenters. The normalized spacial score (nSPS) is 16.2. The summed E-state index contributed by atoms with van der Waals surface area (Å²) in [6, 6.07) is 8.41. The van der Waals surface area contributed by atoms with Crippen LogP contribution in [0.2, 0.25) is 0 Å². The van der Waals surface area contributed by atoms with Gasteiger partial charge >= 0.3 is 0 Å². The summed E-state index contributed by atoms with van der Waals surface area (Å²) in [4.78, 5) is 12.3. The highest BCUT2D eigenvalue weighted by molar-refractivity contribution is 5.93. The van der Waals surface area contributed by atoms with Crippen LogP contribution in [0, 0.1) is 17.6 Å². The van der Waals surface area contributed by atoms with Gasteiger partial charge in [-0.25, -0.2) is 8.78 Å². The maximum Gasteiger partial charge on any atom is 0.231 e. The number of fused-ring (bicyclic) bond motifs is 1. The fraction of sp³-hybridized carbons (Fsp3) is 0.235. The van der Waals surface area contributed by atoms with Gasteiger partial charge in [0, 0.05) is 6.07 Å². The van der Waals surface area contributed by atoms with Crippen LogP contribution in [0.25, 0.3) is 0 Å². The van der Waals surface area contributed by atoms with E-state index in [9.17, 15) is 13.6 Å². The molecule has 0 aromatic heterocycles. The molecule has 0 saturated heterocycles. The van der Waals surface area contributed by atoms with E-state index in [0.717, 1.165) is 17.7 Å². The second-order valence-electron chi connectivity index (χ2n) is 5.30. The Morgan fingerprint density at radius 2 is 2.09 bits per heavy atom. The minimum absolute atomic E-state index is 0.0483. The Morgan fingerprint density at radius 1 is 1.26 bits per heavy atom. The van der Waals surface area contributed by atoms with Crippen LogP contribution in [0.1, 0.15) is 5.56 Å². The van der Waals surface area contributed by atoms with Crippen LogP contribution < -0.4 is 14.8 Å². The molecule has 1 amide bonds. The smallest absolute Gasteiger partial charge is 0.231 e. The summed E-state index contributed by atoms with van der Waals surface area (Å²) < 4.78 is 37.2. The summed E-state index contributed by atoms with van der Waals surface area (Å²) in [7, 11) is 1.56. The molecule has 1 aliphatic heterocycles. The highest BCUT2D eigenvalue weighted by Gasteiger charge is 2.27. The molecule has 2 aromatic carbocycles. The van der Waals surface area contributed by atoms with E-state index >= 15 is 0 Å². The first kappa shape index (κ1) is 15.3. The predicted molar refractivity (Wildman–Crippen MR) is 80.7 cm³/mol. The molecule has 0 aliphatic carbocycles. The molecule has 120 valence electrons. The Morgan fingerprint density at radius 3 is 2.83 bits per heavy atom. The van der Waals surface area contributed by atoms with E-state index < -0.39 is 17.6 Å². The maximum atomic E-state index is 13.6. The molecule has 0 spiro atoms. The summed E-state index contributed by atoms with van der Waals surface area (Å²) >= 11 is 0. The van der Waals surface area contributed by atoms with Crippen LogP contribution in [0.5, 0.6) is 11.5 Å². The third kappa shape index (κ3) is 3.26. The first-order valence-corrected chi connectivity index (χ1v) is 7.12. The van der Waals surface area contributed by atoms with Gasteiger partial charge in [0.2, 0.25) is 5.91 Å². The van der Waals surface area contributed by atoms with Crippen LogP contribution >= 0.6 is 0 Å². The lowest BCUT2D eigenvalue weighted by Gasteiger charge is -2.25. The standard InChI is InChI=1S/C17H15F2NO3/c1-22-13-3-5-16-10(7-13)6-11(9-23-16)17(21)20-15-4-2-12(18)8-14(15)19/h2-5,7-8,11H,6,9H2,1H3,(H,20,21). The molecule has 0 bridgehead atoms. The van der Waals surface area contributed by atoms with E-state index in [0.29, 0.717) is 17.9 Å². The van der Waals surface area contributed by atoms with Gasteiger partial charge in [0.1, 0.15) is 29.7 Å². The Balaban J connectivity index is 1.73. The molecule has 2 aromatic rings. The molecule has 3 rings (SSSR count). The van der Waals surface area contributed by atoms with Crippen molar-refractivity contribution in [2.24, 2.45) is 5.92 Å². The summed E-state index contributed by atoms with van der Waals surface area (Å²) in [5.74, 6) is -0.941. The van der Waals surface area contributed by atoms with E-state index in [-0.39, 0.29) is 18.2 Å². The molecule has 0 radical (unpaired) electrons. The number of hydrogen-bond donors (Lipinski definition) is 1. The largest absolute Gasteiger partial charge is 0.497 e. The number of halogens is 2. The van der Waals surface area contributed by atoms with Crippen LogP contribution in [0.15, 0.2) is 36.4 Å². The lowest BCUT2D eigenvalue weighted by molar-refractivity contribution is -0.121. The van der Waals surface area contributed by atoms with Gasteiger partial charge < -0.3 is 14.8 Å². The minimum atomic E-state index is -0.808. The van der Waals surface area contributed by atoms with Crippen molar-refractivity contribution in [3.8, 4) is 11.5 Å². The Kier molecular flexibility index (Phi) is 4.14.